The summed E-state index contributed by atoms with van der Waals surface area (Å²) in [6.45, 7) is 3.29. The van der Waals surface area contributed by atoms with E-state index in [0.29, 0.717) is 5.75 Å². The summed E-state index contributed by atoms with van der Waals surface area (Å²) in [6.07, 6.45) is 1.15. The number of ether oxygens (including phenoxy) is 1. The molecule has 0 fully saturated rings. The predicted octanol–water partition coefficient (Wildman–Crippen LogP) is 1.03. The smallest absolute Gasteiger partial charge is 0.245 e. The predicted molar refractivity (Wildman–Crippen MR) is 51.9 cm³/mol. The molecule has 0 aliphatic heterocycles. The third-order valence-electron chi connectivity index (χ3n) is 1.52. The summed E-state index contributed by atoms with van der Waals surface area (Å²) in [5.41, 5.74) is 0. The minimum absolute atomic E-state index is 0.00241. The molecule has 0 unspecified atom stereocenters. The number of carbonyl (C=O) groups excluding carboxylic acids is 1. The van der Waals surface area contributed by atoms with Crippen LogP contribution in [0.3, 0.4) is 0 Å². The molecule has 0 aromatic heterocycles. The Bertz CT molecular complexity index is 336. The van der Waals surface area contributed by atoms with Gasteiger partial charge >= 0.3 is 0 Å². The van der Waals surface area contributed by atoms with Crippen LogP contribution in [0.25, 0.3) is 0 Å². The van der Waals surface area contributed by atoms with Crippen molar-refractivity contribution in [2.24, 2.45) is 0 Å². The standard InChI is InChI=1S/C10H11NO3/c1-2-10(13)11-7-14-9-6-4-3-5-8(9)12/h2-6,12H,1,7H2,(H,11,13). The van der Waals surface area contributed by atoms with Crippen LogP contribution < -0.4 is 10.1 Å². The zero-order valence-corrected chi connectivity index (χ0v) is 7.56. The summed E-state index contributed by atoms with van der Waals surface area (Å²) in [4.78, 5) is 10.7. The molecule has 0 heterocycles. The lowest BCUT2D eigenvalue weighted by Crippen LogP contribution is -2.25. The number of benzene rings is 1. The van der Waals surface area contributed by atoms with Crippen molar-refractivity contribution >= 4 is 5.91 Å². The first-order valence-electron chi connectivity index (χ1n) is 4.05. The van der Waals surface area contributed by atoms with Gasteiger partial charge in [0.15, 0.2) is 18.2 Å². The van der Waals surface area contributed by atoms with E-state index >= 15 is 0 Å². The Morgan fingerprint density at radius 3 is 2.93 bits per heavy atom. The Hall–Kier alpha value is -1.97. The van der Waals surface area contributed by atoms with E-state index in [-0.39, 0.29) is 18.4 Å². The molecule has 0 bridgehead atoms. The van der Waals surface area contributed by atoms with Crippen LogP contribution in [0.4, 0.5) is 0 Å². The maximum absolute atomic E-state index is 10.7. The third-order valence-corrected chi connectivity index (χ3v) is 1.52. The van der Waals surface area contributed by atoms with Gasteiger partial charge in [0.25, 0.3) is 0 Å². The van der Waals surface area contributed by atoms with Crippen molar-refractivity contribution in [2.75, 3.05) is 6.73 Å². The Kier molecular flexibility index (Phi) is 3.55. The van der Waals surface area contributed by atoms with Crippen molar-refractivity contribution in [2.45, 2.75) is 0 Å². The highest BCUT2D eigenvalue weighted by molar-refractivity contribution is 5.86. The van der Waals surface area contributed by atoms with Crippen LogP contribution in [0, 0.1) is 0 Å². The summed E-state index contributed by atoms with van der Waals surface area (Å²) >= 11 is 0. The summed E-state index contributed by atoms with van der Waals surface area (Å²) < 4.78 is 5.08. The number of amides is 1. The number of hydrogen-bond acceptors (Lipinski definition) is 3. The normalized spacial score (nSPS) is 9.14. The zero-order chi connectivity index (χ0) is 10.4. The van der Waals surface area contributed by atoms with Crippen LogP contribution in [0.5, 0.6) is 11.5 Å². The average molecular weight is 193 g/mol. The first-order valence-corrected chi connectivity index (χ1v) is 4.05. The molecule has 0 radical (unpaired) electrons. The van der Waals surface area contributed by atoms with Gasteiger partial charge < -0.3 is 15.2 Å². The molecule has 74 valence electrons. The molecule has 0 aliphatic rings. The molecule has 0 atom stereocenters. The van der Waals surface area contributed by atoms with Crippen LogP contribution in [-0.2, 0) is 4.79 Å². The number of rotatable bonds is 4. The van der Waals surface area contributed by atoms with Gasteiger partial charge in [-0.2, -0.15) is 0 Å². The zero-order valence-electron chi connectivity index (χ0n) is 7.56. The topological polar surface area (TPSA) is 58.6 Å². The highest BCUT2D eigenvalue weighted by Gasteiger charge is 1.99. The van der Waals surface area contributed by atoms with E-state index < -0.39 is 0 Å². The van der Waals surface area contributed by atoms with Crippen LogP contribution in [0.1, 0.15) is 0 Å². The number of nitrogens with one attached hydrogen (secondary N) is 1. The average Bonchev–Trinajstić information content (AvgIpc) is 2.20. The second-order valence-electron chi connectivity index (χ2n) is 2.50. The summed E-state index contributed by atoms with van der Waals surface area (Å²) in [5.74, 6) is 0.0534. The number of phenols is 1. The molecular formula is C10H11NO3. The van der Waals surface area contributed by atoms with Crippen molar-refractivity contribution in [3.63, 3.8) is 0 Å². The Labute approximate surface area is 81.8 Å². The first-order chi connectivity index (χ1) is 6.74. The Morgan fingerprint density at radius 1 is 1.57 bits per heavy atom. The van der Waals surface area contributed by atoms with E-state index in [4.69, 9.17) is 4.74 Å². The van der Waals surface area contributed by atoms with Crippen molar-refractivity contribution in [1.82, 2.24) is 5.32 Å². The molecular weight excluding hydrogens is 182 g/mol. The van der Waals surface area contributed by atoms with Gasteiger partial charge in [-0.25, -0.2) is 0 Å². The van der Waals surface area contributed by atoms with Gasteiger partial charge in [-0.1, -0.05) is 18.7 Å². The number of hydrogen-bond donors (Lipinski definition) is 2. The van der Waals surface area contributed by atoms with Crippen LogP contribution in [0.2, 0.25) is 0 Å². The molecule has 1 aromatic rings. The fourth-order valence-corrected chi connectivity index (χ4v) is 0.836. The van der Waals surface area contributed by atoms with E-state index in [0.717, 1.165) is 6.08 Å². The Morgan fingerprint density at radius 2 is 2.29 bits per heavy atom. The van der Waals surface area contributed by atoms with E-state index in [1.54, 1.807) is 18.2 Å². The molecule has 4 nitrogen and oxygen atoms in total. The Balaban J connectivity index is 2.42. The number of carbonyl (C=O) groups is 1. The number of phenolic OH excluding ortho intramolecular Hbond substituents is 1. The lowest BCUT2D eigenvalue weighted by atomic mass is 10.3. The van der Waals surface area contributed by atoms with E-state index in [9.17, 15) is 9.90 Å². The summed E-state index contributed by atoms with van der Waals surface area (Å²) in [7, 11) is 0. The maximum Gasteiger partial charge on any atom is 0.245 e. The molecule has 14 heavy (non-hydrogen) atoms. The maximum atomic E-state index is 10.7. The number of para-hydroxylation sites is 2. The fraction of sp³-hybridized carbons (Fsp3) is 0.100. The van der Waals surface area contributed by atoms with Crippen LogP contribution >= 0.6 is 0 Å². The molecule has 0 saturated carbocycles. The van der Waals surface area contributed by atoms with Gasteiger partial charge in [0.05, 0.1) is 0 Å². The van der Waals surface area contributed by atoms with Gasteiger partial charge in [-0.05, 0) is 18.2 Å². The molecule has 1 amide bonds. The number of aromatic hydroxyl groups is 1. The van der Waals surface area contributed by atoms with E-state index in [1.165, 1.54) is 6.07 Å². The van der Waals surface area contributed by atoms with E-state index in [1.807, 2.05) is 0 Å². The van der Waals surface area contributed by atoms with E-state index in [2.05, 4.69) is 11.9 Å². The molecule has 0 aliphatic carbocycles. The molecule has 0 saturated heterocycles. The van der Waals surface area contributed by atoms with Gasteiger partial charge in [0.2, 0.25) is 5.91 Å². The van der Waals surface area contributed by atoms with Crippen LogP contribution in [0.15, 0.2) is 36.9 Å². The molecule has 1 rings (SSSR count). The SMILES string of the molecule is C=CC(=O)NCOc1ccccc1O. The second-order valence-corrected chi connectivity index (χ2v) is 2.50. The monoisotopic (exact) mass is 193 g/mol. The van der Waals surface area contributed by atoms with Crippen molar-refractivity contribution < 1.29 is 14.6 Å². The molecule has 1 aromatic carbocycles. The summed E-state index contributed by atoms with van der Waals surface area (Å²) in [5, 5.41) is 11.7. The van der Waals surface area contributed by atoms with Gasteiger partial charge in [-0.15, -0.1) is 0 Å². The molecule has 4 heteroatoms. The lowest BCUT2D eigenvalue weighted by Gasteiger charge is -2.07. The summed E-state index contributed by atoms with van der Waals surface area (Å²) in [6, 6.07) is 6.52. The third kappa shape index (κ3) is 2.82. The minimum Gasteiger partial charge on any atom is -0.504 e. The van der Waals surface area contributed by atoms with Gasteiger partial charge in [0, 0.05) is 0 Å². The lowest BCUT2D eigenvalue weighted by molar-refractivity contribution is -0.117. The van der Waals surface area contributed by atoms with Crippen molar-refractivity contribution in [3.8, 4) is 11.5 Å². The second kappa shape index (κ2) is 4.91. The largest absolute Gasteiger partial charge is 0.504 e. The quantitative estimate of drug-likeness (QED) is 0.554. The molecule has 2 N–H and O–H groups in total. The molecule has 0 spiro atoms. The van der Waals surface area contributed by atoms with Gasteiger partial charge in [0.1, 0.15) is 0 Å². The van der Waals surface area contributed by atoms with Crippen molar-refractivity contribution in [3.05, 3.63) is 36.9 Å². The fourth-order valence-electron chi connectivity index (χ4n) is 0.836. The minimum atomic E-state index is -0.319. The first kappa shape index (κ1) is 10.1. The van der Waals surface area contributed by atoms with Gasteiger partial charge in [-0.3, -0.25) is 4.79 Å². The highest BCUT2D eigenvalue weighted by atomic mass is 16.5. The van der Waals surface area contributed by atoms with Crippen LogP contribution in [-0.4, -0.2) is 17.7 Å². The highest BCUT2D eigenvalue weighted by Crippen LogP contribution is 2.23. The van der Waals surface area contributed by atoms with Crippen molar-refractivity contribution in [1.29, 1.82) is 0 Å².